The van der Waals surface area contributed by atoms with Crippen molar-refractivity contribution >= 4 is 0 Å². The summed E-state index contributed by atoms with van der Waals surface area (Å²) in [5, 5.41) is 7.50. The van der Waals surface area contributed by atoms with Crippen molar-refractivity contribution < 1.29 is 0 Å². The van der Waals surface area contributed by atoms with Crippen LogP contribution in [0.1, 0.15) is 31.2 Å². The fourth-order valence-corrected chi connectivity index (χ4v) is 2.46. The Morgan fingerprint density at radius 2 is 1.89 bits per heavy atom. The van der Waals surface area contributed by atoms with E-state index in [-0.39, 0.29) is 12.1 Å². The van der Waals surface area contributed by atoms with Crippen LogP contribution in [0.5, 0.6) is 0 Å². The van der Waals surface area contributed by atoms with E-state index < -0.39 is 0 Å². The Labute approximate surface area is 114 Å². The summed E-state index contributed by atoms with van der Waals surface area (Å²) in [6.07, 6.45) is 8.40. The maximum Gasteiger partial charge on any atom is 0.0530 e. The van der Waals surface area contributed by atoms with Gasteiger partial charge in [0.2, 0.25) is 0 Å². The standard InChI is InChI=1S/C15H20N4/c16-19-18-15-11-7-2-1-6-10-14(15)17-12-13-8-4-3-5-9-13/h1-5,8-9,14-15,17H,6-7,10-12H2/b2-1-/t14-,15-/m1/s1. The summed E-state index contributed by atoms with van der Waals surface area (Å²) in [7, 11) is 0. The Bertz CT molecular complexity index is 448. The van der Waals surface area contributed by atoms with Crippen LogP contribution in [0.3, 0.4) is 0 Å². The summed E-state index contributed by atoms with van der Waals surface area (Å²) in [5.41, 5.74) is 9.96. The highest BCUT2D eigenvalue weighted by atomic mass is 15.2. The monoisotopic (exact) mass is 256 g/mol. The van der Waals surface area contributed by atoms with E-state index in [2.05, 4.69) is 39.6 Å². The molecule has 2 atom stereocenters. The van der Waals surface area contributed by atoms with Crippen LogP contribution in [0.25, 0.3) is 10.4 Å². The van der Waals surface area contributed by atoms with Gasteiger partial charge in [0.15, 0.2) is 0 Å². The molecule has 100 valence electrons. The van der Waals surface area contributed by atoms with Crippen molar-refractivity contribution in [2.45, 2.75) is 44.3 Å². The zero-order valence-corrected chi connectivity index (χ0v) is 11.1. The Hall–Kier alpha value is -1.77. The molecule has 1 aliphatic carbocycles. The van der Waals surface area contributed by atoms with Gasteiger partial charge < -0.3 is 5.32 Å². The molecule has 4 nitrogen and oxygen atoms in total. The van der Waals surface area contributed by atoms with Gasteiger partial charge in [-0.15, -0.1) is 0 Å². The molecule has 0 fully saturated rings. The molecular formula is C15H20N4. The largest absolute Gasteiger partial charge is 0.310 e. The Morgan fingerprint density at radius 1 is 1.16 bits per heavy atom. The number of azide groups is 1. The molecule has 4 heteroatoms. The molecule has 0 saturated carbocycles. The molecule has 0 aromatic heterocycles. The van der Waals surface area contributed by atoms with Gasteiger partial charge in [-0.05, 0) is 36.8 Å². The molecule has 0 spiro atoms. The average molecular weight is 256 g/mol. The molecule has 1 aromatic rings. The minimum atomic E-state index is 0.0543. The van der Waals surface area contributed by atoms with Crippen LogP contribution in [0, 0.1) is 0 Å². The van der Waals surface area contributed by atoms with Crippen LogP contribution in [-0.2, 0) is 6.54 Å². The van der Waals surface area contributed by atoms with Gasteiger partial charge in [-0.25, -0.2) is 0 Å². The first-order valence-electron chi connectivity index (χ1n) is 6.86. The van der Waals surface area contributed by atoms with Gasteiger partial charge in [-0.3, -0.25) is 0 Å². The summed E-state index contributed by atoms with van der Waals surface area (Å²) in [6, 6.07) is 10.6. The number of hydrogen-bond acceptors (Lipinski definition) is 2. The average Bonchev–Trinajstić information content (AvgIpc) is 2.43. The Morgan fingerprint density at radius 3 is 2.63 bits per heavy atom. The first kappa shape index (κ1) is 13.7. The highest BCUT2D eigenvalue weighted by Gasteiger charge is 2.19. The summed E-state index contributed by atoms with van der Waals surface area (Å²) >= 11 is 0. The number of hydrogen-bond donors (Lipinski definition) is 1. The molecule has 19 heavy (non-hydrogen) atoms. The molecule has 1 aromatic carbocycles. The SMILES string of the molecule is [N-]=[N+]=N[C@@H]1CC/C=C\CC[C@H]1NCc1ccccc1. The number of nitrogens with one attached hydrogen (secondary N) is 1. The van der Waals surface area contributed by atoms with E-state index in [4.69, 9.17) is 5.53 Å². The Balaban J connectivity index is 1.97. The molecule has 1 N–H and O–H groups in total. The van der Waals surface area contributed by atoms with Gasteiger partial charge >= 0.3 is 0 Å². The van der Waals surface area contributed by atoms with Crippen molar-refractivity contribution in [1.82, 2.24) is 5.32 Å². The number of benzene rings is 1. The van der Waals surface area contributed by atoms with Gasteiger partial charge in [0.25, 0.3) is 0 Å². The lowest BCUT2D eigenvalue weighted by atomic mass is 9.96. The van der Waals surface area contributed by atoms with Gasteiger partial charge in [0.05, 0.1) is 6.04 Å². The lowest BCUT2D eigenvalue weighted by molar-refractivity contribution is 0.386. The molecule has 0 radical (unpaired) electrons. The number of allylic oxidation sites excluding steroid dienone is 2. The van der Waals surface area contributed by atoms with E-state index in [1.54, 1.807) is 0 Å². The molecule has 0 amide bonds. The summed E-state index contributed by atoms with van der Waals surface area (Å²) in [6.45, 7) is 0.826. The quantitative estimate of drug-likeness (QED) is 0.377. The number of nitrogens with zero attached hydrogens (tertiary/aromatic N) is 3. The van der Waals surface area contributed by atoms with Crippen molar-refractivity contribution in [3.8, 4) is 0 Å². The molecule has 0 aliphatic heterocycles. The van der Waals surface area contributed by atoms with Gasteiger partial charge in [-0.1, -0.05) is 47.6 Å². The smallest absolute Gasteiger partial charge is 0.0530 e. The second-order valence-corrected chi connectivity index (χ2v) is 4.87. The summed E-state index contributed by atoms with van der Waals surface area (Å²) < 4.78 is 0. The normalized spacial score (nSPS) is 24.8. The van der Waals surface area contributed by atoms with Crippen LogP contribution in [0.4, 0.5) is 0 Å². The molecule has 0 heterocycles. The minimum absolute atomic E-state index is 0.0543. The fourth-order valence-electron chi connectivity index (χ4n) is 2.46. The molecule has 1 aliphatic rings. The third-order valence-corrected chi connectivity index (χ3v) is 3.52. The lowest BCUT2D eigenvalue weighted by Crippen LogP contribution is -2.38. The van der Waals surface area contributed by atoms with Crippen LogP contribution >= 0.6 is 0 Å². The third-order valence-electron chi connectivity index (χ3n) is 3.52. The van der Waals surface area contributed by atoms with Gasteiger partial charge in [0.1, 0.15) is 0 Å². The molecule has 0 bridgehead atoms. The van der Waals surface area contributed by atoms with Crippen LogP contribution < -0.4 is 5.32 Å². The summed E-state index contributed by atoms with van der Waals surface area (Å²) in [4.78, 5) is 3.00. The van der Waals surface area contributed by atoms with Crippen molar-refractivity contribution in [3.05, 3.63) is 58.5 Å². The highest BCUT2D eigenvalue weighted by Crippen LogP contribution is 2.17. The third kappa shape index (κ3) is 4.43. The van der Waals surface area contributed by atoms with Crippen LogP contribution in [0.15, 0.2) is 47.6 Å². The molecule has 0 saturated heterocycles. The van der Waals surface area contributed by atoms with Crippen molar-refractivity contribution in [2.75, 3.05) is 0 Å². The van der Waals surface area contributed by atoms with Crippen molar-refractivity contribution in [2.24, 2.45) is 5.11 Å². The maximum absolute atomic E-state index is 8.70. The van der Waals surface area contributed by atoms with E-state index in [0.29, 0.717) is 0 Å². The van der Waals surface area contributed by atoms with E-state index in [0.717, 1.165) is 32.2 Å². The molecular weight excluding hydrogens is 236 g/mol. The number of rotatable bonds is 4. The van der Waals surface area contributed by atoms with Crippen LogP contribution in [-0.4, -0.2) is 12.1 Å². The zero-order chi connectivity index (χ0) is 13.3. The van der Waals surface area contributed by atoms with E-state index >= 15 is 0 Å². The topological polar surface area (TPSA) is 60.8 Å². The zero-order valence-electron chi connectivity index (χ0n) is 11.1. The second kappa shape index (κ2) is 7.62. The van der Waals surface area contributed by atoms with E-state index in [1.165, 1.54) is 5.56 Å². The predicted molar refractivity (Wildman–Crippen MR) is 77.6 cm³/mol. The highest BCUT2D eigenvalue weighted by molar-refractivity contribution is 5.14. The molecule has 0 unspecified atom stereocenters. The van der Waals surface area contributed by atoms with Gasteiger partial charge in [0, 0.05) is 17.5 Å². The molecule has 2 rings (SSSR count). The lowest BCUT2D eigenvalue weighted by Gasteiger charge is -2.25. The Kier molecular flexibility index (Phi) is 5.48. The van der Waals surface area contributed by atoms with Crippen molar-refractivity contribution in [1.29, 1.82) is 0 Å². The first-order valence-corrected chi connectivity index (χ1v) is 6.86. The van der Waals surface area contributed by atoms with Crippen LogP contribution in [0.2, 0.25) is 0 Å². The second-order valence-electron chi connectivity index (χ2n) is 4.87. The first-order chi connectivity index (χ1) is 9.40. The van der Waals surface area contributed by atoms with Crippen molar-refractivity contribution in [3.63, 3.8) is 0 Å². The van der Waals surface area contributed by atoms with E-state index in [9.17, 15) is 0 Å². The fraction of sp³-hybridized carbons (Fsp3) is 0.467. The summed E-state index contributed by atoms with van der Waals surface area (Å²) in [5.74, 6) is 0. The van der Waals surface area contributed by atoms with Gasteiger partial charge in [-0.2, -0.15) is 0 Å². The van der Waals surface area contributed by atoms with E-state index in [1.807, 2.05) is 18.2 Å². The maximum atomic E-state index is 8.70. The minimum Gasteiger partial charge on any atom is -0.310 e. The predicted octanol–water partition coefficient (Wildman–Crippen LogP) is 3.95.